The van der Waals surface area contributed by atoms with Crippen molar-refractivity contribution in [2.75, 3.05) is 4.90 Å². The van der Waals surface area contributed by atoms with Gasteiger partial charge in [0.1, 0.15) is 0 Å². The van der Waals surface area contributed by atoms with Gasteiger partial charge in [0.15, 0.2) is 0 Å². The Kier molecular flexibility index (Phi) is 7.04. The molecule has 3 heteroatoms. The SMILES string of the molecule is c1ccc(-c2ccc(N(c3ccc(-c4ccccc4)cc3)c3ccc4c(c3)sc3cc(-c5cccc6c5[nH]c5ccccc56)ccc34)cc2)cc1. The van der Waals surface area contributed by atoms with Crippen molar-refractivity contribution in [3.8, 4) is 33.4 Å². The van der Waals surface area contributed by atoms with Crippen LogP contribution in [0.1, 0.15) is 0 Å². The Balaban J connectivity index is 1.07. The fourth-order valence-electron chi connectivity index (χ4n) is 7.50. The van der Waals surface area contributed by atoms with Crippen molar-refractivity contribution in [3.63, 3.8) is 0 Å². The molecule has 2 heterocycles. The first kappa shape index (κ1) is 29.5. The third kappa shape index (κ3) is 5.18. The van der Waals surface area contributed by atoms with Gasteiger partial charge >= 0.3 is 0 Å². The van der Waals surface area contributed by atoms with E-state index < -0.39 is 0 Å². The van der Waals surface area contributed by atoms with E-state index in [1.54, 1.807) is 0 Å². The summed E-state index contributed by atoms with van der Waals surface area (Å²) in [4.78, 5) is 6.06. The van der Waals surface area contributed by atoms with E-state index in [2.05, 4.69) is 198 Å². The number of rotatable bonds is 6. The van der Waals surface area contributed by atoms with Crippen molar-refractivity contribution >= 4 is 70.4 Å². The van der Waals surface area contributed by atoms with Gasteiger partial charge in [0.25, 0.3) is 0 Å². The van der Waals surface area contributed by atoms with E-state index >= 15 is 0 Å². The topological polar surface area (TPSA) is 19.0 Å². The number of thiophene rings is 1. The lowest BCUT2D eigenvalue weighted by Crippen LogP contribution is -2.09. The second kappa shape index (κ2) is 12.2. The fraction of sp³-hybridized carbons (Fsp3) is 0. The van der Waals surface area contributed by atoms with Gasteiger partial charge in [0.2, 0.25) is 0 Å². The van der Waals surface area contributed by atoms with Crippen LogP contribution in [0.5, 0.6) is 0 Å². The zero-order chi connectivity index (χ0) is 33.7. The van der Waals surface area contributed by atoms with Crippen LogP contribution in [0.25, 0.3) is 75.4 Å². The second-order valence-electron chi connectivity index (χ2n) is 13.1. The van der Waals surface area contributed by atoms with Crippen LogP contribution >= 0.6 is 11.3 Å². The standard InChI is InChI=1S/C48H32N2S/c1-3-10-32(11-4-1)34-18-23-37(24-19-34)50(38-25-20-35(21-26-38)33-12-5-2-6-13-33)39-27-29-43-42-28-22-36(30-46(42)51-47(43)31-39)40-15-9-16-44-41-14-7-8-17-45(41)49-48(40)44/h1-31,49H. The molecule has 1 N–H and O–H groups in total. The predicted molar refractivity (Wildman–Crippen MR) is 220 cm³/mol. The van der Waals surface area contributed by atoms with Crippen LogP contribution in [-0.2, 0) is 0 Å². The molecule has 0 spiro atoms. The van der Waals surface area contributed by atoms with Crippen LogP contribution in [0.15, 0.2) is 188 Å². The summed E-state index contributed by atoms with van der Waals surface area (Å²) in [7, 11) is 0. The minimum absolute atomic E-state index is 1.12. The lowest BCUT2D eigenvalue weighted by molar-refractivity contribution is 1.29. The minimum Gasteiger partial charge on any atom is -0.354 e. The minimum atomic E-state index is 1.12. The first-order valence-electron chi connectivity index (χ1n) is 17.3. The van der Waals surface area contributed by atoms with Crippen LogP contribution in [0.2, 0.25) is 0 Å². The Morgan fingerprint density at radius 1 is 0.353 bits per heavy atom. The lowest BCUT2D eigenvalue weighted by Gasteiger charge is -2.26. The monoisotopic (exact) mass is 668 g/mol. The van der Waals surface area contributed by atoms with Crippen molar-refractivity contribution in [1.29, 1.82) is 0 Å². The van der Waals surface area contributed by atoms with Gasteiger partial charge < -0.3 is 9.88 Å². The molecule has 0 aliphatic carbocycles. The highest BCUT2D eigenvalue weighted by molar-refractivity contribution is 7.25. The number of aromatic nitrogens is 1. The van der Waals surface area contributed by atoms with E-state index in [9.17, 15) is 0 Å². The summed E-state index contributed by atoms with van der Waals surface area (Å²) in [5.41, 5.74) is 13.0. The molecule has 0 radical (unpaired) electrons. The largest absolute Gasteiger partial charge is 0.354 e. The van der Waals surface area contributed by atoms with Gasteiger partial charge in [0, 0.05) is 59.1 Å². The Labute approximate surface area is 300 Å². The molecular formula is C48H32N2S. The molecule has 0 aliphatic heterocycles. The molecule has 240 valence electrons. The zero-order valence-corrected chi connectivity index (χ0v) is 28.6. The zero-order valence-electron chi connectivity index (χ0n) is 27.8. The van der Waals surface area contributed by atoms with Crippen LogP contribution in [0.4, 0.5) is 17.1 Å². The molecule has 10 rings (SSSR count). The molecule has 0 fully saturated rings. The molecule has 0 saturated carbocycles. The fourth-order valence-corrected chi connectivity index (χ4v) is 8.68. The number of H-pyrrole nitrogens is 1. The number of para-hydroxylation sites is 2. The van der Waals surface area contributed by atoms with E-state index in [1.807, 2.05) is 11.3 Å². The molecule has 0 amide bonds. The first-order chi connectivity index (χ1) is 25.3. The van der Waals surface area contributed by atoms with E-state index in [4.69, 9.17) is 0 Å². The van der Waals surface area contributed by atoms with Gasteiger partial charge in [-0.25, -0.2) is 0 Å². The van der Waals surface area contributed by atoms with E-state index in [1.165, 1.54) is 75.4 Å². The van der Waals surface area contributed by atoms with E-state index in [0.29, 0.717) is 0 Å². The van der Waals surface area contributed by atoms with Crippen LogP contribution in [-0.4, -0.2) is 4.98 Å². The number of hydrogen-bond donors (Lipinski definition) is 1. The average Bonchev–Trinajstić information content (AvgIpc) is 3.77. The van der Waals surface area contributed by atoms with Crippen molar-refractivity contribution in [3.05, 3.63) is 188 Å². The van der Waals surface area contributed by atoms with Crippen molar-refractivity contribution in [1.82, 2.24) is 4.98 Å². The van der Waals surface area contributed by atoms with Gasteiger partial charge in [-0.3, -0.25) is 0 Å². The third-order valence-electron chi connectivity index (χ3n) is 10.0. The number of nitrogens with one attached hydrogen (secondary N) is 1. The molecule has 0 aliphatic rings. The Bertz CT molecular complexity index is 2750. The van der Waals surface area contributed by atoms with Crippen LogP contribution < -0.4 is 4.90 Å². The number of fused-ring (bicyclic) bond motifs is 6. The molecule has 2 nitrogen and oxygen atoms in total. The number of benzene rings is 8. The van der Waals surface area contributed by atoms with Gasteiger partial charge in [-0.2, -0.15) is 0 Å². The molecule has 0 atom stereocenters. The summed E-state index contributed by atoms with van der Waals surface area (Å²) in [5, 5.41) is 5.10. The average molecular weight is 669 g/mol. The third-order valence-corrected chi connectivity index (χ3v) is 11.1. The van der Waals surface area contributed by atoms with E-state index in [0.717, 1.165) is 17.1 Å². The number of aromatic amines is 1. The molecule has 0 bridgehead atoms. The Morgan fingerprint density at radius 3 is 1.53 bits per heavy atom. The quantitative estimate of drug-likeness (QED) is 0.187. The smallest absolute Gasteiger partial charge is 0.0544 e. The molecular weight excluding hydrogens is 637 g/mol. The van der Waals surface area contributed by atoms with Gasteiger partial charge in [-0.15, -0.1) is 11.3 Å². The van der Waals surface area contributed by atoms with Crippen molar-refractivity contribution in [2.24, 2.45) is 0 Å². The number of anilines is 3. The maximum Gasteiger partial charge on any atom is 0.0544 e. The predicted octanol–water partition coefficient (Wildman–Crippen LogP) is 14.2. The van der Waals surface area contributed by atoms with Crippen LogP contribution in [0, 0.1) is 0 Å². The van der Waals surface area contributed by atoms with Crippen LogP contribution in [0.3, 0.4) is 0 Å². The summed E-state index contributed by atoms with van der Waals surface area (Å²) in [5.74, 6) is 0. The van der Waals surface area contributed by atoms with Crippen molar-refractivity contribution in [2.45, 2.75) is 0 Å². The highest BCUT2D eigenvalue weighted by atomic mass is 32.1. The molecule has 10 aromatic rings. The molecule has 2 aromatic heterocycles. The Morgan fingerprint density at radius 2 is 0.863 bits per heavy atom. The highest BCUT2D eigenvalue weighted by Crippen LogP contribution is 2.43. The van der Waals surface area contributed by atoms with Crippen molar-refractivity contribution < 1.29 is 0 Å². The Hall–Kier alpha value is -6.42. The van der Waals surface area contributed by atoms with Gasteiger partial charge in [0.05, 0.1) is 5.52 Å². The number of nitrogens with zero attached hydrogens (tertiary/aromatic N) is 1. The molecule has 0 saturated heterocycles. The maximum atomic E-state index is 3.69. The number of hydrogen-bond acceptors (Lipinski definition) is 2. The molecule has 0 unspecified atom stereocenters. The normalized spacial score (nSPS) is 11.5. The molecule has 51 heavy (non-hydrogen) atoms. The summed E-state index contributed by atoms with van der Waals surface area (Å²) < 4.78 is 2.56. The van der Waals surface area contributed by atoms with Gasteiger partial charge in [-0.1, -0.05) is 140 Å². The van der Waals surface area contributed by atoms with Gasteiger partial charge in [-0.05, 0) is 76.3 Å². The first-order valence-corrected chi connectivity index (χ1v) is 18.2. The summed E-state index contributed by atoms with van der Waals surface area (Å²) in [6.07, 6.45) is 0. The lowest BCUT2D eigenvalue weighted by atomic mass is 10.0. The highest BCUT2D eigenvalue weighted by Gasteiger charge is 2.17. The summed E-state index contributed by atoms with van der Waals surface area (Å²) >= 11 is 1.87. The summed E-state index contributed by atoms with van der Waals surface area (Å²) in [6, 6.07) is 68.0. The second-order valence-corrected chi connectivity index (χ2v) is 14.1. The van der Waals surface area contributed by atoms with E-state index in [-0.39, 0.29) is 0 Å². The molecule has 8 aromatic carbocycles. The maximum absolute atomic E-state index is 3.69. The summed E-state index contributed by atoms with van der Waals surface area (Å²) in [6.45, 7) is 0.